The van der Waals surface area contributed by atoms with Gasteiger partial charge in [0.05, 0.1) is 10.9 Å². The summed E-state index contributed by atoms with van der Waals surface area (Å²) in [6.45, 7) is 6.65. The van der Waals surface area contributed by atoms with E-state index >= 15 is 4.79 Å². The van der Waals surface area contributed by atoms with Crippen LogP contribution in [0.2, 0.25) is 0 Å². The SMILES string of the molecule is CC1(C)C2CN(C(=O)[C@@H](NC(=O)[C@@H](NC(=O)c3cccs3)C3(C)CCCCC3)C3Cc4ccccc4C3)[C@H](C(=O)NC(CC3CC3)C(=O)C(=O)NC3CC3)C21. The molecule has 8 rings (SSSR count). The molecule has 4 saturated carbocycles. The molecule has 55 heavy (non-hydrogen) atoms. The number of hydrogen-bond acceptors (Lipinski definition) is 7. The van der Waals surface area contributed by atoms with Gasteiger partial charge in [0, 0.05) is 12.6 Å². The number of fused-ring (bicyclic) bond motifs is 2. The number of likely N-dealkylation sites (tertiary alicyclic amines) is 1. The first kappa shape index (κ1) is 37.8. The van der Waals surface area contributed by atoms with Crippen molar-refractivity contribution in [1.82, 2.24) is 26.2 Å². The highest BCUT2D eigenvalue weighted by Gasteiger charge is 2.70. The zero-order valence-corrected chi connectivity index (χ0v) is 33.1. The minimum Gasteiger partial charge on any atom is -0.347 e. The number of carbonyl (C=O) groups is 6. The van der Waals surface area contributed by atoms with Gasteiger partial charge in [0.15, 0.2) is 0 Å². The first-order valence-corrected chi connectivity index (χ1v) is 21.4. The molecular weight excluding hydrogens is 715 g/mol. The van der Waals surface area contributed by atoms with Crippen LogP contribution < -0.4 is 21.3 Å². The summed E-state index contributed by atoms with van der Waals surface area (Å²) in [5.41, 5.74) is 1.57. The summed E-state index contributed by atoms with van der Waals surface area (Å²) < 4.78 is 0. The molecule has 0 spiro atoms. The molecule has 6 aliphatic rings. The average Bonchev–Trinajstić information content (AvgIpc) is 4.08. The third kappa shape index (κ3) is 7.72. The molecule has 3 unspecified atom stereocenters. The quantitative estimate of drug-likeness (QED) is 0.210. The number of nitrogens with one attached hydrogen (secondary N) is 4. The number of thiophene rings is 1. The normalized spacial score (nSPS) is 26.5. The Balaban J connectivity index is 1.07. The standard InChI is InChI=1S/C43H55N5O6S/c1-42(2)29-23-48(34(32(29)42)38(51)45-30(20-24-13-14-24)35(49)39(52)44-28-15-16-28)41(54)33(27-21-25-10-5-6-11-26(25)22-27)46-40(53)36(43(3)17-7-4-8-18-43)47-37(50)31-12-9-19-55-31/h5-6,9-12,19,24,27-30,32-34,36H,4,7-8,13-18,20-23H2,1-3H3,(H,44,52)(H,45,51)(H,46,53)(H,47,50)/t29?,30?,32?,33-,34-,36+/m0/s1. The predicted octanol–water partition coefficient (Wildman–Crippen LogP) is 4.33. The smallest absolute Gasteiger partial charge is 0.289 e. The van der Waals surface area contributed by atoms with Crippen molar-refractivity contribution in [3.8, 4) is 0 Å². The number of ketones is 1. The Morgan fingerprint density at radius 1 is 0.855 bits per heavy atom. The fraction of sp³-hybridized carbons (Fsp3) is 0.628. The van der Waals surface area contributed by atoms with Crippen LogP contribution >= 0.6 is 11.3 Å². The van der Waals surface area contributed by atoms with Gasteiger partial charge in [0.2, 0.25) is 23.5 Å². The van der Waals surface area contributed by atoms with Crippen LogP contribution in [0.3, 0.4) is 0 Å². The molecule has 1 aromatic heterocycles. The molecule has 2 aromatic rings. The Labute approximate surface area is 327 Å². The molecule has 294 valence electrons. The van der Waals surface area contributed by atoms with E-state index in [1.54, 1.807) is 11.0 Å². The highest BCUT2D eigenvalue weighted by molar-refractivity contribution is 7.12. The number of rotatable bonds is 14. The van der Waals surface area contributed by atoms with Crippen LogP contribution in [0.1, 0.15) is 106 Å². The molecular formula is C43H55N5O6S. The Morgan fingerprint density at radius 3 is 2.16 bits per heavy atom. The number of amides is 5. The van der Waals surface area contributed by atoms with Crippen molar-refractivity contribution in [2.45, 2.75) is 128 Å². The van der Waals surface area contributed by atoms with Crippen molar-refractivity contribution in [2.24, 2.45) is 34.5 Å². The van der Waals surface area contributed by atoms with Crippen molar-refractivity contribution in [3.63, 3.8) is 0 Å². The van der Waals surface area contributed by atoms with Gasteiger partial charge in [0.1, 0.15) is 18.1 Å². The fourth-order valence-corrected chi connectivity index (χ4v) is 10.7. The Morgan fingerprint density at radius 2 is 1.55 bits per heavy atom. The summed E-state index contributed by atoms with van der Waals surface area (Å²) >= 11 is 1.32. The summed E-state index contributed by atoms with van der Waals surface area (Å²) in [6, 6.07) is 8.05. The lowest BCUT2D eigenvalue weighted by Crippen LogP contribution is -2.63. The molecule has 5 aliphatic carbocycles. The van der Waals surface area contributed by atoms with Crippen molar-refractivity contribution >= 4 is 46.7 Å². The molecule has 12 heteroatoms. The van der Waals surface area contributed by atoms with Crippen molar-refractivity contribution < 1.29 is 28.8 Å². The van der Waals surface area contributed by atoms with Crippen molar-refractivity contribution in [2.75, 3.05) is 6.54 Å². The van der Waals surface area contributed by atoms with Gasteiger partial charge < -0.3 is 26.2 Å². The van der Waals surface area contributed by atoms with E-state index in [9.17, 15) is 24.0 Å². The number of hydrogen-bond donors (Lipinski definition) is 4. The molecule has 6 atom stereocenters. The number of piperidine rings is 1. The van der Waals surface area contributed by atoms with Crippen LogP contribution in [-0.2, 0) is 36.8 Å². The Kier molecular flexibility index (Phi) is 10.2. The van der Waals surface area contributed by atoms with E-state index in [-0.39, 0.29) is 52.8 Å². The Bertz CT molecular complexity index is 1820. The van der Waals surface area contributed by atoms with E-state index in [2.05, 4.69) is 54.2 Å². The van der Waals surface area contributed by atoms with Gasteiger partial charge in [-0.3, -0.25) is 28.8 Å². The molecule has 5 amide bonds. The average molecular weight is 770 g/mol. The molecule has 4 N–H and O–H groups in total. The second-order valence-electron chi connectivity index (χ2n) is 18.3. The van der Waals surface area contributed by atoms with Gasteiger partial charge in [0.25, 0.3) is 11.8 Å². The van der Waals surface area contributed by atoms with Gasteiger partial charge in [-0.1, -0.05) is 83.2 Å². The lowest BCUT2D eigenvalue weighted by Gasteiger charge is -2.41. The van der Waals surface area contributed by atoms with Gasteiger partial charge >= 0.3 is 0 Å². The summed E-state index contributed by atoms with van der Waals surface area (Å²) in [5, 5.41) is 13.9. The second kappa shape index (κ2) is 14.8. The number of Topliss-reactive ketones (excluding diaryl/α,β-unsaturated/α-hetero) is 1. The topological polar surface area (TPSA) is 154 Å². The van der Waals surface area contributed by atoms with E-state index in [1.807, 2.05) is 23.6 Å². The maximum absolute atomic E-state index is 15.2. The van der Waals surface area contributed by atoms with E-state index in [4.69, 9.17) is 0 Å². The van der Waals surface area contributed by atoms with Crippen LogP contribution in [0, 0.1) is 34.5 Å². The summed E-state index contributed by atoms with van der Waals surface area (Å²) in [4.78, 5) is 86.4. The van der Waals surface area contributed by atoms with Crippen LogP contribution in [-0.4, -0.2) is 77.0 Å². The second-order valence-corrected chi connectivity index (χ2v) is 19.2. The highest BCUT2D eigenvalue weighted by Crippen LogP contribution is 2.65. The predicted molar refractivity (Wildman–Crippen MR) is 208 cm³/mol. The lowest BCUT2D eigenvalue weighted by molar-refractivity contribution is -0.146. The number of carbonyl (C=O) groups excluding carboxylic acids is 6. The zero-order valence-electron chi connectivity index (χ0n) is 32.2. The monoisotopic (exact) mass is 769 g/mol. The summed E-state index contributed by atoms with van der Waals surface area (Å²) in [6.07, 6.45) is 9.70. The molecule has 2 heterocycles. The van der Waals surface area contributed by atoms with E-state index in [0.29, 0.717) is 30.7 Å². The first-order valence-electron chi connectivity index (χ1n) is 20.5. The molecule has 1 aliphatic heterocycles. The van der Waals surface area contributed by atoms with Gasteiger partial charge in [-0.25, -0.2) is 0 Å². The largest absolute Gasteiger partial charge is 0.347 e. The zero-order chi connectivity index (χ0) is 38.6. The maximum atomic E-state index is 15.2. The maximum Gasteiger partial charge on any atom is 0.289 e. The van der Waals surface area contributed by atoms with E-state index in [0.717, 1.165) is 68.9 Å². The molecule has 1 saturated heterocycles. The molecule has 0 bridgehead atoms. The Hall–Kier alpha value is -4.06. The summed E-state index contributed by atoms with van der Waals surface area (Å²) in [5.74, 6) is -2.73. The van der Waals surface area contributed by atoms with E-state index < -0.39 is 47.2 Å². The number of nitrogens with zero attached hydrogens (tertiary/aromatic N) is 1. The van der Waals surface area contributed by atoms with E-state index in [1.165, 1.54) is 11.3 Å². The third-order valence-corrected chi connectivity index (χ3v) is 14.8. The molecule has 0 radical (unpaired) electrons. The minimum absolute atomic E-state index is 0.0166. The number of benzene rings is 1. The molecule has 11 nitrogen and oxygen atoms in total. The first-order chi connectivity index (χ1) is 26.3. The molecule has 5 fully saturated rings. The fourth-order valence-electron chi connectivity index (χ4n) is 10.1. The van der Waals surface area contributed by atoms with Crippen LogP contribution in [0.15, 0.2) is 41.8 Å². The lowest BCUT2D eigenvalue weighted by atomic mass is 9.70. The highest BCUT2D eigenvalue weighted by atomic mass is 32.1. The van der Waals surface area contributed by atoms with Gasteiger partial charge in [-0.2, -0.15) is 0 Å². The third-order valence-electron chi connectivity index (χ3n) is 13.9. The summed E-state index contributed by atoms with van der Waals surface area (Å²) in [7, 11) is 0. The minimum atomic E-state index is -0.958. The van der Waals surface area contributed by atoms with Crippen molar-refractivity contribution in [3.05, 3.63) is 57.8 Å². The van der Waals surface area contributed by atoms with Gasteiger partial charge in [-0.05, 0) is 102 Å². The van der Waals surface area contributed by atoms with Crippen molar-refractivity contribution in [1.29, 1.82) is 0 Å². The van der Waals surface area contributed by atoms with Gasteiger partial charge in [-0.15, -0.1) is 11.3 Å². The van der Waals surface area contributed by atoms with Crippen LogP contribution in [0.4, 0.5) is 0 Å². The molecule has 1 aromatic carbocycles. The van der Waals surface area contributed by atoms with Crippen LogP contribution in [0.5, 0.6) is 0 Å². The van der Waals surface area contributed by atoms with Crippen LogP contribution in [0.25, 0.3) is 0 Å².